The quantitative estimate of drug-likeness (QED) is 0.507. The Morgan fingerprint density at radius 3 is 3.10 bits per heavy atom. The molecule has 0 saturated heterocycles. The minimum absolute atomic E-state index is 0.129. The highest BCUT2D eigenvalue weighted by Gasteiger charge is 2.45. The molecule has 0 spiro atoms. The average molecular weight is 270 g/mol. The topological polar surface area (TPSA) is 75.2 Å². The molecule has 1 unspecified atom stereocenters. The molecule has 0 bridgehead atoms. The second kappa shape index (κ2) is 3.89. The number of nitrogens with zero attached hydrogens (tertiary/aromatic N) is 4. The van der Waals surface area contributed by atoms with Gasteiger partial charge in [-0.2, -0.15) is 0 Å². The zero-order valence-electron chi connectivity index (χ0n) is 10.6. The van der Waals surface area contributed by atoms with Crippen LogP contribution >= 0.6 is 0 Å². The summed E-state index contributed by atoms with van der Waals surface area (Å²) in [6.45, 7) is 1.52. The molecule has 4 rings (SSSR count). The number of hydrogen-bond donors (Lipinski definition) is 1. The van der Waals surface area contributed by atoms with Crippen molar-refractivity contribution in [1.29, 1.82) is 0 Å². The number of anilines is 3. The maximum absolute atomic E-state index is 11.1. The number of rotatable bonds is 2. The average Bonchev–Trinajstić information content (AvgIpc) is 3.05. The van der Waals surface area contributed by atoms with Gasteiger partial charge >= 0.3 is 11.5 Å². The number of nitrogens with one attached hydrogen (secondary N) is 1. The van der Waals surface area contributed by atoms with Crippen LogP contribution in [-0.4, -0.2) is 23.0 Å². The van der Waals surface area contributed by atoms with Gasteiger partial charge in [-0.05, 0) is 12.1 Å². The lowest BCUT2D eigenvalue weighted by atomic mass is 10.3. The fourth-order valence-corrected chi connectivity index (χ4v) is 2.97. The summed E-state index contributed by atoms with van der Waals surface area (Å²) in [6, 6.07) is 7.48. The van der Waals surface area contributed by atoms with Gasteiger partial charge in [-0.25, -0.2) is 4.57 Å². The van der Waals surface area contributed by atoms with Crippen molar-refractivity contribution in [3.05, 3.63) is 46.8 Å². The second-order valence-electron chi connectivity index (χ2n) is 4.91. The minimum Gasteiger partial charge on any atom is -0.296 e. The van der Waals surface area contributed by atoms with Gasteiger partial charge in [0.05, 0.1) is 17.7 Å². The van der Waals surface area contributed by atoms with E-state index in [2.05, 4.69) is 15.2 Å². The molecular formula is C13H12N5O2+. The number of aromatic nitrogens is 2. The van der Waals surface area contributed by atoms with Crippen molar-refractivity contribution in [3.8, 4) is 0 Å². The second-order valence-corrected chi connectivity index (χ2v) is 4.91. The Kier molecular flexibility index (Phi) is 2.17. The first-order chi connectivity index (χ1) is 9.75. The van der Waals surface area contributed by atoms with E-state index in [-0.39, 0.29) is 16.7 Å². The molecule has 0 aliphatic carbocycles. The summed E-state index contributed by atoms with van der Waals surface area (Å²) in [7, 11) is 0. The molecule has 0 fully saturated rings. The van der Waals surface area contributed by atoms with Crippen LogP contribution in [0.2, 0.25) is 0 Å². The lowest BCUT2D eigenvalue weighted by Crippen LogP contribution is -2.33. The first kappa shape index (κ1) is 11.2. The summed E-state index contributed by atoms with van der Waals surface area (Å²) in [4.78, 5) is 17.0. The largest absolute Gasteiger partial charge is 0.341 e. The molecule has 1 atom stereocenters. The van der Waals surface area contributed by atoms with Gasteiger partial charge in [0.2, 0.25) is 5.82 Å². The van der Waals surface area contributed by atoms with Crippen molar-refractivity contribution in [2.24, 2.45) is 0 Å². The standard InChI is InChI=1S/C13H11N5O2/c19-18(20)11-3-4-12-16(9-2-1-5-14-6-9)8-10-7-15-13(11)17(10)12/h1-6,10H,7-8H2/p+1. The van der Waals surface area contributed by atoms with Crippen molar-refractivity contribution < 1.29 is 9.49 Å². The monoisotopic (exact) mass is 270 g/mol. The third-order valence-electron chi connectivity index (χ3n) is 3.82. The van der Waals surface area contributed by atoms with E-state index in [9.17, 15) is 10.1 Å². The van der Waals surface area contributed by atoms with Crippen LogP contribution in [0.4, 0.5) is 23.0 Å². The van der Waals surface area contributed by atoms with E-state index in [0.29, 0.717) is 12.4 Å². The van der Waals surface area contributed by atoms with Gasteiger partial charge in [-0.1, -0.05) is 0 Å². The lowest BCUT2D eigenvalue weighted by molar-refractivity contribution is -0.672. The normalized spacial score (nSPS) is 18.8. The smallest absolute Gasteiger partial charge is 0.296 e. The van der Waals surface area contributed by atoms with Gasteiger partial charge in [0.25, 0.3) is 0 Å². The molecule has 2 aliphatic rings. The summed E-state index contributed by atoms with van der Waals surface area (Å²) in [6.07, 6.45) is 3.54. The van der Waals surface area contributed by atoms with Crippen molar-refractivity contribution >= 4 is 23.0 Å². The zero-order valence-corrected chi connectivity index (χ0v) is 10.6. The van der Waals surface area contributed by atoms with Gasteiger partial charge in [-0.15, -0.1) is 0 Å². The van der Waals surface area contributed by atoms with Crippen LogP contribution in [-0.2, 0) is 0 Å². The third kappa shape index (κ3) is 1.40. The predicted molar refractivity (Wildman–Crippen MR) is 72.1 cm³/mol. The molecule has 100 valence electrons. The molecule has 2 aromatic heterocycles. The number of pyridine rings is 2. The maximum Gasteiger partial charge on any atom is 0.341 e. The van der Waals surface area contributed by atoms with Crippen LogP contribution in [0.15, 0.2) is 36.7 Å². The number of nitro groups is 1. The van der Waals surface area contributed by atoms with Crippen molar-refractivity contribution in [2.45, 2.75) is 6.04 Å². The third-order valence-corrected chi connectivity index (χ3v) is 3.82. The van der Waals surface area contributed by atoms with Crippen molar-refractivity contribution in [2.75, 3.05) is 23.3 Å². The molecular weight excluding hydrogens is 258 g/mol. The molecule has 0 amide bonds. The zero-order chi connectivity index (χ0) is 13.7. The minimum atomic E-state index is -0.343. The first-order valence-corrected chi connectivity index (χ1v) is 6.40. The number of hydrogen-bond acceptors (Lipinski definition) is 5. The summed E-state index contributed by atoms with van der Waals surface area (Å²) >= 11 is 0. The van der Waals surface area contributed by atoms with Crippen LogP contribution < -0.4 is 14.8 Å². The molecule has 0 aromatic carbocycles. The van der Waals surface area contributed by atoms with Crippen molar-refractivity contribution in [1.82, 2.24) is 4.98 Å². The van der Waals surface area contributed by atoms with Crippen LogP contribution in [0.1, 0.15) is 6.04 Å². The Balaban J connectivity index is 1.87. The fourth-order valence-electron chi connectivity index (χ4n) is 2.97. The van der Waals surface area contributed by atoms with E-state index in [1.54, 1.807) is 12.3 Å². The highest BCUT2D eigenvalue weighted by molar-refractivity contribution is 5.64. The van der Waals surface area contributed by atoms with Gasteiger partial charge in [-0.3, -0.25) is 25.3 Å². The fraction of sp³-hybridized carbons (Fsp3) is 0.231. The highest BCUT2D eigenvalue weighted by Crippen LogP contribution is 2.37. The lowest BCUT2D eigenvalue weighted by Gasteiger charge is -2.12. The Hall–Kier alpha value is -2.70. The molecule has 7 nitrogen and oxygen atoms in total. The Morgan fingerprint density at radius 2 is 2.35 bits per heavy atom. The van der Waals surface area contributed by atoms with E-state index < -0.39 is 0 Å². The maximum atomic E-state index is 11.1. The van der Waals surface area contributed by atoms with Gasteiger partial charge in [0.1, 0.15) is 18.3 Å². The summed E-state index contributed by atoms with van der Waals surface area (Å²) in [5.74, 6) is 1.57. The van der Waals surface area contributed by atoms with Crippen LogP contribution in [0.25, 0.3) is 0 Å². The van der Waals surface area contributed by atoms with Crippen LogP contribution in [0, 0.1) is 10.1 Å². The van der Waals surface area contributed by atoms with Gasteiger partial charge < -0.3 is 0 Å². The molecule has 2 aromatic rings. The summed E-state index contributed by atoms with van der Waals surface area (Å²) < 4.78 is 2.02. The Bertz CT molecular complexity index is 703. The summed E-state index contributed by atoms with van der Waals surface area (Å²) in [5.41, 5.74) is 1.13. The molecule has 4 heterocycles. The molecule has 1 N–H and O–H groups in total. The molecule has 7 heteroatoms. The van der Waals surface area contributed by atoms with Gasteiger partial charge in [0.15, 0.2) is 0 Å². The van der Waals surface area contributed by atoms with Crippen LogP contribution in [0.5, 0.6) is 0 Å². The van der Waals surface area contributed by atoms with E-state index >= 15 is 0 Å². The van der Waals surface area contributed by atoms with E-state index in [0.717, 1.165) is 18.1 Å². The van der Waals surface area contributed by atoms with E-state index in [1.165, 1.54) is 0 Å². The Labute approximate surface area is 114 Å². The van der Waals surface area contributed by atoms with E-state index in [1.807, 2.05) is 29.0 Å². The molecule has 2 aliphatic heterocycles. The van der Waals surface area contributed by atoms with E-state index in [4.69, 9.17) is 0 Å². The molecule has 0 radical (unpaired) electrons. The highest BCUT2D eigenvalue weighted by atomic mass is 16.6. The van der Waals surface area contributed by atoms with Gasteiger partial charge in [0, 0.05) is 18.3 Å². The van der Waals surface area contributed by atoms with Crippen molar-refractivity contribution in [3.63, 3.8) is 0 Å². The summed E-state index contributed by atoms with van der Waals surface area (Å²) in [5, 5.41) is 14.2. The Morgan fingerprint density at radius 1 is 1.45 bits per heavy atom. The molecule has 20 heavy (non-hydrogen) atoms. The first-order valence-electron chi connectivity index (χ1n) is 6.40. The predicted octanol–water partition coefficient (Wildman–Crippen LogP) is 1.40. The van der Waals surface area contributed by atoms with Crippen LogP contribution in [0.3, 0.4) is 0 Å². The SMILES string of the molecule is O=[N+]([O-])c1ccc2[n+]3c1NCC3CN2c1cccnc1. The molecule has 0 saturated carbocycles.